The molecule has 0 amide bonds. The van der Waals surface area contributed by atoms with Gasteiger partial charge in [-0.1, -0.05) is 12.1 Å². The first kappa shape index (κ1) is 15.5. The van der Waals surface area contributed by atoms with Crippen molar-refractivity contribution in [2.75, 3.05) is 0 Å². The first-order chi connectivity index (χ1) is 9.79. The molecular formula is C15H17NO4S. The molecular weight excluding hydrogens is 290 g/mol. The van der Waals surface area contributed by atoms with Crippen LogP contribution in [0.2, 0.25) is 0 Å². The Kier molecular flexibility index (Phi) is 4.29. The van der Waals surface area contributed by atoms with Crippen molar-refractivity contribution in [2.24, 2.45) is 0 Å². The standard InChI is InChI=1S/C15H17NO4S/c1-10-7-14(12(3)20-10)9-16-21(18,19)15-6-4-5-13(8-15)11(2)17/h4-8,16H,9H2,1-3H3. The topological polar surface area (TPSA) is 76.4 Å². The summed E-state index contributed by atoms with van der Waals surface area (Å²) in [6.45, 7) is 5.14. The number of ketones is 1. The maximum absolute atomic E-state index is 12.2. The lowest BCUT2D eigenvalue weighted by molar-refractivity contribution is 0.101. The van der Waals surface area contributed by atoms with Crippen LogP contribution in [0.1, 0.15) is 34.4 Å². The largest absolute Gasteiger partial charge is 0.466 e. The van der Waals surface area contributed by atoms with E-state index in [1.807, 2.05) is 0 Å². The molecule has 1 heterocycles. The van der Waals surface area contributed by atoms with Gasteiger partial charge >= 0.3 is 0 Å². The molecule has 0 spiro atoms. The molecule has 0 saturated carbocycles. The molecule has 0 aliphatic heterocycles. The molecule has 0 aliphatic rings. The summed E-state index contributed by atoms with van der Waals surface area (Å²) in [6, 6.07) is 7.77. The molecule has 0 saturated heterocycles. The van der Waals surface area contributed by atoms with Crippen LogP contribution in [0.3, 0.4) is 0 Å². The van der Waals surface area contributed by atoms with E-state index in [1.54, 1.807) is 32.0 Å². The number of sulfonamides is 1. The summed E-state index contributed by atoms with van der Waals surface area (Å²) >= 11 is 0. The minimum Gasteiger partial charge on any atom is -0.466 e. The fourth-order valence-electron chi connectivity index (χ4n) is 2.00. The monoisotopic (exact) mass is 307 g/mol. The van der Waals surface area contributed by atoms with E-state index in [1.165, 1.54) is 19.1 Å². The zero-order valence-electron chi connectivity index (χ0n) is 12.1. The number of aryl methyl sites for hydroxylation is 2. The Morgan fingerprint density at radius 2 is 1.95 bits per heavy atom. The summed E-state index contributed by atoms with van der Waals surface area (Å²) in [5, 5.41) is 0. The van der Waals surface area contributed by atoms with Gasteiger partial charge in [-0.2, -0.15) is 0 Å². The number of Topliss-reactive ketones (excluding diaryl/α,β-unsaturated/α-hetero) is 1. The Balaban J connectivity index is 2.20. The van der Waals surface area contributed by atoms with Crippen LogP contribution >= 0.6 is 0 Å². The summed E-state index contributed by atoms with van der Waals surface area (Å²) in [6.07, 6.45) is 0. The number of carbonyl (C=O) groups excluding carboxylic acids is 1. The molecule has 112 valence electrons. The highest BCUT2D eigenvalue weighted by molar-refractivity contribution is 7.89. The third-order valence-corrected chi connectivity index (χ3v) is 4.55. The Hall–Kier alpha value is -1.92. The maximum Gasteiger partial charge on any atom is 0.240 e. The zero-order chi connectivity index (χ0) is 15.6. The molecule has 0 atom stereocenters. The number of rotatable bonds is 5. The second-order valence-corrected chi connectivity index (χ2v) is 6.61. The van der Waals surface area contributed by atoms with Crippen molar-refractivity contribution >= 4 is 15.8 Å². The number of hydrogen-bond donors (Lipinski definition) is 1. The van der Waals surface area contributed by atoms with Crippen LogP contribution in [0.4, 0.5) is 0 Å². The number of carbonyl (C=O) groups is 1. The second kappa shape index (κ2) is 5.83. The number of furan rings is 1. The van der Waals surface area contributed by atoms with E-state index in [2.05, 4.69) is 4.72 Å². The van der Waals surface area contributed by atoms with Gasteiger partial charge < -0.3 is 4.42 Å². The third kappa shape index (κ3) is 3.59. The normalized spacial score (nSPS) is 11.6. The fraction of sp³-hybridized carbons (Fsp3) is 0.267. The molecule has 0 bridgehead atoms. The predicted molar refractivity (Wildman–Crippen MR) is 78.7 cm³/mol. The lowest BCUT2D eigenvalue weighted by Crippen LogP contribution is -2.23. The van der Waals surface area contributed by atoms with Crippen LogP contribution in [0, 0.1) is 13.8 Å². The molecule has 0 aliphatic carbocycles. The quantitative estimate of drug-likeness (QED) is 0.861. The van der Waals surface area contributed by atoms with Crippen LogP contribution in [0.15, 0.2) is 39.6 Å². The van der Waals surface area contributed by atoms with Gasteiger partial charge in [-0.15, -0.1) is 0 Å². The van der Waals surface area contributed by atoms with Crippen molar-refractivity contribution in [1.29, 1.82) is 0 Å². The fourth-order valence-corrected chi connectivity index (χ4v) is 3.05. The molecule has 0 fully saturated rings. The van der Waals surface area contributed by atoms with E-state index in [0.717, 1.165) is 11.3 Å². The van der Waals surface area contributed by atoms with Crippen LogP contribution < -0.4 is 4.72 Å². The summed E-state index contributed by atoms with van der Waals surface area (Å²) in [5.41, 5.74) is 1.16. The Morgan fingerprint density at radius 3 is 2.52 bits per heavy atom. The third-order valence-electron chi connectivity index (χ3n) is 3.15. The number of hydrogen-bond acceptors (Lipinski definition) is 4. The van der Waals surface area contributed by atoms with Crippen molar-refractivity contribution in [2.45, 2.75) is 32.2 Å². The molecule has 1 N–H and O–H groups in total. The van der Waals surface area contributed by atoms with Gasteiger partial charge in [0.25, 0.3) is 0 Å². The zero-order valence-corrected chi connectivity index (χ0v) is 13.0. The molecule has 21 heavy (non-hydrogen) atoms. The molecule has 2 rings (SSSR count). The van der Waals surface area contributed by atoms with E-state index in [-0.39, 0.29) is 17.2 Å². The highest BCUT2D eigenvalue weighted by Gasteiger charge is 2.16. The van der Waals surface area contributed by atoms with E-state index < -0.39 is 10.0 Å². The molecule has 5 nitrogen and oxygen atoms in total. The second-order valence-electron chi connectivity index (χ2n) is 4.85. The van der Waals surface area contributed by atoms with Crippen molar-refractivity contribution in [1.82, 2.24) is 4.72 Å². The minimum absolute atomic E-state index is 0.0769. The summed E-state index contributed by atoms with van der Waals surface area (Å²) in [4.78, 5) is 11.4. The molecule has 0 unspecified atom stereocenters. The van der Waals surface area contributed by atoms with Gasteiger partial charge in [-0.3, -0.25) is 4.79 Å². The average Bonchev–Trinajstić information content (AvgIpc) is 2.75. The smallest absolute Gasteiger partial charge is 0.240 e. The number of benzene rings is 1. The van der Waals surface area contributed by atoms with E-state index >= 15 is 0 Å². The van der Waals surface area contributed by atoms with Gasteiger partial charge in [0.15, 0.2) is 5.78 Å². The van der Waals surface area contributed by atoms with Gasteiger partial charge in [0.05, 0.1) is 4.90 Å². The van der Waals surface area contributed by atoms with E-state index in [9.17, 15) is 13.2 Å². The lowest BCUT2D eigenvalue weighted by Gasteiger charge is -2.07. The molecule has 2 aromatic rings. The van der Waals surface area contributed by atoms with Crippen molar-refractivity contribution in [3.8, 4) is 0 Å². The first-order valence-corrected chi connectivity index (χ1v) is 7.94. The van der Waals surface area contributed by atoms with Gasteiger partial charge in [0.1, 0.15) is 11.5 Å². The van der Waals surface area contributed by atoms with Gasteiger partial charge in [-0.25, -0.2) is 13.1 Å². The predicted octanol–water partition coefficient (Wildman–Crippen LogP) is 2.58. The van der Waals surface area contributed by atoms with Gasteiger partial charge in [0.2, 0.25) is 10.0 Å². The Labute approximate surface area is 124 Å². The maximum atomic E-state index is 12.2. The SMILES string of the molecule is CC(=O)c1cccc(S(=O)(=O)NCc2cc(C)oc2C)c1. The van der Waals surface area contributed by atoms with Gasteiger partial charge in [-0.05, 0) is 39.0 Å². The lowest BCUT2D eigenvalue weighted by atomic mass is 10.2. The Morgan fingerprint density at radius 1 is 1.24 bits per heavy atom. The average molecular weight is 307 g/mol. The molecule has 6 heteroatoms. The highest BCUT2D eigenvalue weighted by atomic mass is 32.2. The van der Waals surface area contributed by atoms with Crippen LogP contribution in [-0.2, 0) is 16.6 Å². The number of nitrogens with one attached hydrogen (secondary N) is 1. The Bertz CT molecular complexity index is 775. The highest BCUT2D eigenvalue weighted by Crippen LogP contribution is 2.16. The van der Waals surface area contributed by atoms with Crippen molar-refractivity contribution in [3.63, 3.8) is 0 Å². The molecule has 1 aromatic carbocycles. The summed E-state index contributed by atoms with van der Waals surface area (Å²) < 4.78 is 32.4. The summed E-state index contributed by atoms with van der Waals surface area (Å²) in [7, 11) is -3.67. The van der Waals surface area contributed by atoms with Gasteiger partial charge in [0, 0.05) is 17.7 Å². The first-order valence-electron chi connectivity index (χ1n) is 6.46. The van der Waals surface area contributed by atoms with E-state index in [4.69, 9.17) is 4.42 Å². The van der Waals surface area contributed by atoms with Crippen LogP contribution in [-0.4, -0.2) is 14.2 Å². The molecule has 0 radical (unpaired) electrons. The van der Waals surface area contributed by atoms with Crippen LogP contribution in [0.25, 0.3) is 0 Å². The van der Waals surface area contributed by atoms with E-state index in [0.29, 0.717) is 11.3 Å². The molecule has 1 aromatic heterocycles. The van der Waals surface area contributed by atoms with Crippen molar-refractivity contribution in [3.05, 3.63) is 53.0 Å². The minimum atomic E-state index is -3.67. The van der Waals surface area contributed by atoms with Crippen LogP contribution in [0.5, 0.6) is 0 Å². The van der Waals surface area contributed by atoms with Crippen molar-refractivity contribution < 1.29 is 17.6 Å². The summed E-state index contributed by atoms with van der Waals surface area (Å²) in [5.74, 6) is 1.25.